The van der Waals surface area contributed by atoms with Gasteiger partial charge in [0, 0.05) is 38.0 Å². The van der Waals surface area contributed by atoms with E-state index in [1.807, 2.05) is 25.1 Å². The summed E-state index contributed by atoms with van der Waals surface area (Å²) in [4.78, 5) is 24.3. The third kappa shape index (κ3) is 5.24. The summed E-state index contributed by atoms with van der Waals surface area (Å²) in [6, 6.07) is 5.51. The number of aryl methyl sites for hydroxylation is 2. The lowest BCUT2D eigenvalue weighted by Gasteiger charge is -2.36. The molecule has 9 heteroatoms. The van der Waals surface area contributed by atoms with E-state index in [-0.39, 0.29) is 12.3 Å². The maximum atomic E-state index is 12.6. The molecule has 2 aromatic heterocycles. The van der Waals surface area contributed by atoms with Crippen molar-refractivity contribution in [2.45, 2.75) is 46.6 Å². The summed E-state index contributed by atoms with van der Waals surface area (Å²) in [5, 5.41) is 7.92. The maximum Gasteiger partial charge on any atom is 0.263 e. The van der Waals surface area contributed by atoms with Crippen LogP contribution in [-0.4, -0.2) is 48.3 Å². The van der Waals surface area contributed by atoms with E-state index in [1.165, 1.54) is 6.42 Å². The van der Waals surface area contributed by atoms with Crippen LogP contribution in [0.3, 0.4) is 0 Å². The van der Waals surface area contributed by atoms with Crippen molar-refractivity contribution in [3.8, 4) is 11.5 Å². The third-order valence-corrected chi connectivity index (χ3v) is 6.24. The molecule has 1 saturated heterocycles. The van der Waals surface area contributed by atoms with Crippen molar-refractivity contribution < 1.29 is 18.8 Å². The Morgan fingerprint density at radius 1 is 1.18 bits per heavy atom. The minimum absolute atomic E-state index is 0.0934. The number of rotatable bonds is 8. The summed E-state index contributed by atoms with van der Waals surface area (Å²) in [5.41, 5.74) is 2.11. The highest BCUT2D eigenvalue weighted by atomic mass is 16.5. The Labute approximate surface area is 199 Å². The highest BCUT2D eigenvalue weighted by Gasteiger charge is 2.27. The summed E-state index contributed by atoms with van der Waals surface area (Å²) < 4.78 is 16.1. The number of amides is 1. The van der Waals surface area contributed by atoms with Gasteiger partial charge in [-0.25, -0.2) is 4.98 Å². The van der Waals surface area contributed by atoms with Crippen LogP contribution in [-0.2, 0) is 17.8 Å². The molecule has 0 unspecified atom stereocenters. The fraction of sp³-hybridized carbons (Fsp3) is 0.520. The zero-order chi connectivity index (χ0) is 24.2. The Morgan fingerprint density at radius 2 is 1.94 bits per heavy atom. The number of hydrogen-bond donors (Lipinski definition) is 1. The number of methoxy groups -OCH3 is 2. The number of nitrogens with zero attached hydrogens (tertiary/aromatic N) is 4. The van der Waals surface area contributed by atoms with E-state index in [2.05, 4.69) is 34.2 Å². The lowest BCUT2D eigenvalue weighted by molar-refractivity contribution is -0.121. The van der Waals surface area contributed by atoms with Crippen molar-refractivity contribution in [3.05, 3.63) is 35.3 Å². The summed E-state index contributed by atoms with van der Waals surface area (Å²) in [7, 11) is 3.21. The molecule has 0 saturated carbocycles. The van der Waals surface area contributed by atoms with Gasteiger partial charge in [0.2, 0.25) is 5.91 Å². The quantitative estimate of drug-likeness (QED) is 0.535. The van der Waals surface area contributed by atoms with Crippen LogP contribution in [0.15, 0.2) is 22.7 Å². The van der Waals surface area contributed by atoms with E-state index in [9.17, 15) is 4.79 Å². The van der Waals surface area contributed by atoms with Crippen LogP contribution >= 0.6 is 0 Å². The van der Waals surface area contributed by atoms with E-state index >= 15 is 0 Å². The van der Waals surface area contributed by atoms with Gasteiger partial charge in [0.15, 0.2) is 0 Å². The van der Waals surface area contributed by atoms with Gasteiger partial charge in [-0.05, 0) is 43.4 Å². The number of carbonyl (C=O) groups is 1. The minimum atomic E-state index is -0.0934. The fourth-order valence-corrected chi connectivity index (χ4v) is 4.72. The van der Waals surface area contributed by atoms with E-state index in [1.54, 1.807) is 14.2 Å². The van der Waals surface area contributed by atoms with E-state index in [0.717, 1.165) is 35.6 Å². The molecule has 2 atom stereocenters. The Morgan fingerprint density at radius 3 is 2.65 bits per heavy atom. The highest BCUT2D eigenvalue weighted by molar-refractivity contribution is 5.88. The van der Waals surface area contributed by atoms with Crippen molar-refractivity contribution in [2.24, 2.45) is 11.8 Å². The van der Waals surface area contributed by atoms with E-state index < -0.39 is 0 Å². The molecule has 1 aromatic carbocycles. The molecule has 0 spiro atoms. The first-order valence-corrected chi connectivity index (χ1v) is 11.7. The number of carbonyl (C=O) groups excluding carboxylic acids is 1. The molecule has 4 rings (SSSR count). The average Bonchev–Trinajstić information content (AvgIpc) is 3.20. The number of fused-ring (bicyclic) bond motifs is 1. The molecule has 9 nitrogen and oxygen atoms in total. The largest absolute Gasteiger partial charge is 0.497 e. The Balaban J connectivity index is 1.46. The van der Waals surface area contributed by atoms with Crippen molar-refractivity contribution in [3.63, 3.8) is 0 Å². The fourth-order valence-electron chi connectivity index (χ4n) is 4.72. The number of hydrogen-bond acceptors (Lipinski definition) is 8. The zero-order valence-corrected chi connectivity index (χ0v) is 20.6. The monoisotopic (exact) mass is 467 g/mol. The van der Waals surface area contributed by atoms with Gasteiger partial charge in [-0.3, -0.25) is 4.79 Å². The van der Waals surface area contributed by atoms with Gasteiger partial charge in [0.1, 0.15) is 28.5 Å². The lowest BCUT2D eigenvalue weighted by atomic mass is 9.92. The molecule has 0 radical (unpaired) electrons. The first-order chi connectivity index (χ1) is 16.4. The van der Waals surface area contributed by atoms with Gasteiger partial charge in [-0.1, -0.05) is 19.0 Å². The lowest BCUT2D eigenvalue weighted by Crippen LogP contribution is -2.39. The molecule has 3 aromatic rings. The molecule has 182 valence electrons. The SMILES string of the molecule is COc1ccc(OC)c(CNC(=O)CCc2nc(N3C[C@H](C)C[C@@H](C)C3)c3c(C)noc3n2)c1. The number of anilines is 1. The summed E-state index contributed by atoms with van der Waals surface area (Å²) >= 11 is 0. The number of benzene rings is 1. The summed E-state index contributed by atoms with van der Waals surface area (Å²) in [5.74, 6) is 3.92. The van der Waals surface area contributed by atoms with Crippen LogP contribution < -0.4 is 19.7 Å². The minimum Gasteiger partial charge on any atom is -0.497 e. The first-order valence-electron chi connectivity index (χ1n) is 11.7. The van der Waals surface area contributed by atoms with Crippen molar-refractivity contribution in [1.82, 2.24) is 20.4 Å². The zero-order valence-electron chi connectivity index (χ0n) is 20.6. The van der Waals surface area contributed by atoms with Gasteiger partial charge >= 0.3 is 0 Å². The van der Waals surface area contributed by atoms with Gasteiger partial charge in [-0.15, -0.1) is 0 Å². The second kappa shape index (κ2) is 10.3. The Bertz CT molecular complexity index is 1150. The summed E-state index contributed by atoms with van der Waals surface area (Å²) in [6.07, 6.45) is 1.87. The molecule has 0 bridgehead atoms. The van der Waals surface area contributed by atoms with Crippen LogP contribution in [0.1, 0.15) is 43.8 Å². The van der Waals surface area contributed by atoms with Crippen molar-refractivity contribution >= 4 is 22.8 Å². The number of piperidine rings is 1. The standard InChI is InChI=1S/C25H33N5O4/c1-15-10-16(2)14-30(13-15)24-23-17(3)29-34-25(23)28-21(27-24)8-9-22(31)26-12-18-11-19(32-4)6-7-20(18)33-5/h6-7,11,15-16H,8-10,12-14H2,1-5H3,(H,26,31)/t15-,16-/m1/s1. The molecular weight excluding hydrogens is 434 g/mol. The normalized spacial score (nSPS) is 18.2. The second-order valence-electron chi connectivity index (χ2n) is 9.22. The van der Waals surface area contributed by atoms with Crippen LogP contribution in [0, 0.1) is 18.8 Å². The van der Waals surface area contributed by atoms with E-state index in [4.69, 9.17) is 19.0 Å². The predicted molar refractivity (Wildman–Crippen MR) is 129 cm³/mol. The van der Waals surface area contributed by atoms with E-state index in [0.29, 0.717) is 47.8 Å². The predicted octanol–water partition coefficient (Wildman–Crippen LogP) is 3.67. The van der Waals surface area contributed by atoms with Crippen LogP contribution in [0.2, 0.25) is 0 Å². The molecule has 1 aliphatic rings. The average molecular weight is 468 g/mol. The first kappa shape index (κ1) is 23.8. The molecule has 1 amide bonds. The van der Waals surface area contributed by atoms with Gasteiger partial charge < -0.3 is 24.2 Å². The van der Waals surface area contributed by atoms with Crippen LogP contribution in [0.5, 0.6) is 11.5 Å². The Hall–Kier alpha value is -3.36. The Kier molecular flexibility index (Phi) is 7.19. The number of nitrogens with one attached hydrogen (secondary N) is 1. The molecule has 1 aliphatic heterocycles. The van der Waals surface area contributed by atoms with Crippen LogP contribution in [0.4, 0.5) is 5.82 Å². The molecule has 0 aliphatic carbocycles. The number of ether oxygens (including phenoxy) is 2. The molecule has 1 fully saturated rings. The smallest absolute Gasteiger partial charge is 0.263 e. The van der Waals surface area contributed by atoms with Crippen molar-refractivity contribution in [1.29, 1.82) is 0 Å². The maximum absolute atomic E-state index is 12.6. The topological polar surface area (TPSA) is 103 Å². The van der Waals surface area contributed by atoms with Gasteiger partial charge in [0.25, 0.3) is 5.71 Å². The third-order valence-electron chi connectivity index (χ3n) is 6.24. The highest BCUT2D eigenvalue weighted by Crippen LogP contribution is 2.32. The van der Waals surface area contributed by atoms with Gasteiger partial charge in [-0.2, -0.15) is 4.98 Å². The second-order valence-corrected chi connectivity index (χ2v) is 9.22. The molecule has 3 heterocycles. The van der Waals surface area contributed by atoms with Gasteiger partial charge in [0.05, 0.1) is 19.9 Å². The molecule has 34 heavy (non-hydrogen) atoms. The van der Waals surface area contributed by atoms with Crippen molar-refractivity contribution in [2.75, 3.05) is 32.2 Å². The van der Waals surface area contributed by atoms with Crippen LogP contribution in [0.25, 0.3) is 11.1 Å². The number of aromatic nitrogens is 3. The summed E-state index contributed by atoms with van der Waals surface area (Å²) in [6.45, 7) is 8.66. The molecular formula is C25H33N5O4. The molecule has 1 N–H and O–H groups in total.